The smallest absolute Gasteiger partial charge is 0.194 e. The molecule has 0 fully saturated rings. The molecule has 0 atom stereocenters. The number of halogens is 4. The van der Waals surface area contributed by atoms with E-state index in [1.807, 2.05) is 0 Å². The van der Waals surface area contributed by atoms with Crippen LogP contribution >= 0.6 is 27.5 Å². The zero-order valence-electron chi connectivity index (χ0n) is 8.88. The van der Waals surface area contributed by atoms with Crippen LogP contribution in [0, 0.1) is 11.6 Å². The molecule has 1 nitrogen and oxygen atoms in total. The molecule has 0 aliphatic rings. The van der Waals surface area contributed by atoms with Crippen LogP contribution in [-0.4, -0.2) is 5.78 Å². The van der Waals surface area contributed by atoms with Crippen LogP contribution in [0.4, 0.5) is 8.78 Å². The second-order valence-corrected chi connectivity index (χ2v) is 4.79. The molecule has 0 aliphatic carbocycles. The Hall–Kier alpha value is -1.26. The van der Waals surface area contributed by atoms with E-state index in [9.17, 15) is 13.6 Å². The van der Waals surface area contributed by atoms with Crippen molar-refractivity contribution in [3.05, 3.63) is 68.7 Å². The lowest BCUT2D eigenvalue weighted by Crippen LogP contribution is -2.04. The molecule has 0 radical (unpaired) electrons. The van der Waals surface area contributed by atoms with Gasteiger partial charge in [-0.3, -0.25) is 4.79 Å². The molecule has 2 aromatic carbocycles. The van der Waals surface area contributed by atoms with Gasteiger partial charge < -0.3 is 0 Å². The first-order valence-corrected chi connectivity index (χ1v) is 6.11. The van der Waals surface area contributed by atoms with Crippen molar-refractivity contribution in [2.75, 3.05) is 0 Å². The largest absolute Gasteiger partial charge is 0.289 e. The van der Waals surface area contributed by atoms with E-state index in [-0.39, 0.29) is 10.0 Å². The molecule has 0 saturated heterocycles. The van der Waals surface area contributed by atoms with Crippen molar-refractivity contribution in [1.29, 1.82) is 0 Å². The Bertz CT molecular complexity index is 611. The van der Waals surface area contributed by atoms with Gasteiger partial charge in [-0.1, -0.05) is 11.6 Å². The third kappa shape index (κ3) is 2.44. The maximum Gasteiger partial charge on any atom is 0.194 e. The summed E-state index contributed by atoms with van der Waals surface area (Å²) in [4.78, 5) is 12.1. The second kappa shape index (κ2) is 5.16. The van der Waals surface area contributed by atoms with Crippen LogP contribution in [0.15, 0.2) is 40.9 Å². The van der Waals surface area contributed by atoms with Crippen molar-refractivity contribution < 1.29 is 13.6 Å². The first kappa shape index (κ1) is 13.2. The van der Waals surface area contributed by atoms with Crippen molar-refractivity contribution >= 4 is 33.3 Å². The van der Waals surface area contributed by atoms with Gasteiger partial charge in [0.2, 0.25) is 0 Å². The summed E-state index contributed by atoms with van der Waals surface area (Å²) in [5.41, 5.74) is 0.419. The number of carbonyl (C=O) groups excluding carboxylic acids is 1. The van der Waals surface area contributed by atoms with Crippen molar-refractivity contribution in [2.45, 2.75) is 0 Å². The van der Waals surface area contributed by atoms with E-state index in [1.165, 1.54) is 18.2 Å². The molecule has 92 valence electrons. The van der Waals surface area contributed by atoms with Crippen molar-refractivity contribution in [2.24, 2.45) is 0 Å². The molecule has 2 aromatic rings. The van der Waals surface area contributed by atoms with Crippen LogP contribution in [0.2, 0.25) is 5.02 Å². The average Bonchev–Trinajstić information content (AvgIpc) is 2.36. The summed E-state index contributed by atoms with van der Waals surface area (Å²) in [5, 5.41) is 0.496. The fourth-order valence-corrected chi connectivity index (χ4v) is 2.09. The average molecular weight is 332 g/mol. The number of rotatable bonds is 2. The van der Waals surface area contributed by atoms with Gasteiger partial charge in [0.05, 0.1) is 4.47 Å². The Morgan fingerprint density at radius 1 is 1.06 bits per heavy atom. The summed E-state index contributed by atoms with van der Waals surface area (Å²) in [6.07, 6.45) is 0. The molecule has 0 N–H and O–H groups in total. The molecule has 2 rings (SSSR count). The van der Waals surface area contributed by atoms with Gasteiger partial charge in [0.25, 0.3) is 0 Å². The maximum atomic E-state index is 13.3. The number of hydrogen-bond acceptors (Lipinski definition) is 1. The van der Waals surface area contributed by atoms with Crippen LogP contribution in [0.5, 0.6) is 0 Å². The van der Waals surface area contributed by atoms with E-state index in [0.717, 1.165) is 6.07 Å². The standard InChI is InChI=1S/C13H6BrClF2O/c14-11-9(5-6-10(16)12(11)17)13(18)7-1-3-8(15)4-2-7/h1-6H. The SMILES string of the molecule is O=C(c1ccc(Cl)cc1)c1ccc(F)c(F)c1Br. The normalized spacial score (nSPS) is 10.4. The van der Waals surface area contributed by atoms with Crippen LogP contribution in [0.25, 0.3) is 0 Å². The highest BCUT2D eigenvalue weighted by atomic mass is 79.9. The zero-order chi connectivity index (χ0) is 13.3. The summed E-state index contributed by atoms with van der Waals surface area (Å²) in [6, 6.07) is 8.32. The summed E-state index contributed by atoms with van der Waals surface area (Å²) in [7, 11) is 0. The van der Waals surface area contributed by atoms with Crippen LogP contribution in [0.3, 0.4) is 0 Å². The second-order valence-electron chi connectivity index (χ2n) is 3.56. The van der Waals surface area contributed by atoms with E-state index in [4.69, 9.17) is 11.6 Å². The highest BCUT2D eigenvalue weighted by molar-refractivity contribution is 9.10. The third-order valence-electron chi connectivity index (χ3n) is 2.39. The fourth-order valence-electron chi connectivity index (χ4n) is 1.46. The molecule has 0 bridgehead atoms. The quantitative estimate of drug-likeness (QED) is 0.580. The van der Waals surface area contributed by atoms with Gasteiger partial charge in [-0.25, -0.2) is 8.78 Å². The van der Waals surface area contributed by atoms with Gasteiger partial charge in [0, 0.05) is 16.1 Å². The lowest BCUT2D eigenvalue weighted by molar-refractivity contribution is 0.103. The molecular weight excluding hydrogens is 325 g/mol. The number of hydrogen-bond donors (Lipinski definition) is 0. The van der Waals surface area contributed by atoms with E-state index in [2.05, 4.69) is 15.9 Å². The molecule has 0 amide bonds. The Kier molecular flexibility index (Phi) is 3.78. The first-order valence-electron chi connectivity index (χ1n) is 4.94. The third-order valence-corrected chi connectivity index (χ3v) is 3.41. The van der Waals surface area contributed by atoms with Crippen molar-refractivity contribution in [3.8, 4) is 0 Å². The maximum absolute atomic E-state index is 13.3. The zero-order valence-corrected chi connectivity index (χ0v) is 11.2. The van der Waals surface area contributed by atoms with Crippen molar-refractivity contribution in [1.82, 2.24) is 0 Å². The number of ketones is 1. The predicted molar refractivity (Wildman–Crippen MR) is 68.9 cm³/mol. The van der Waals surface area contributed by atoms with Gasteiger partial charge in [-0.2, -0.15) is 0 Å². The summed E-state index contributed by atoms with van der Waals surface area (Å²) in [6.45, 7) is 0. The summed E-state index contributed by atoms with van der Waals surface area (Å²) >= 11 is 8.59. The van der Waals surface area contributed by atoms with Crippen LogP contribution in [0.1, 0.15) is 15.9 Å². The summed E-state index contributed by atoms with van der Waals surface area (Å²) in [5.74, 6) is -2.48. The molecular formula is C13H6BrClF2O. The molecule has 0 spiro atoms. The molecule has 18 heavy (non-hydrogen) atoms. The molecule has 0 heterocycles. The summed E-state index contributed by atoms with van der Waals surface area (Å²) < 4.78 is 26.1. The monoisotopic (exact) mass is 330 g/mol. The molecule has 0 saturated carbocycles. The first-order chi connectivity index (χ1) is 8.50. The van der Waals surface area contributed by atoms with Crippen molar-refractivity contribution in [3.63, 3.8) is 0 Å². The van der Waals surface area contributed by atoms with E-state index >= 15 is 0 Å². The van der Waals surface area contributed by atoms with Crippen LogP contribution in [-0.2, 0) is 0 Å². The van der Waals surface area contributed by atoms with Crippen LogP contribution < -0.4 is 0 Å². The molecule has 0 aromatic heterocycles. The topological polar surface area (TPSA) is 17.1 Å². The van der Waals surface area contributed by atoms with Gasteiger partial charge in [-0.05, 0) is 52.3 Å². The lowest BCUT2D eigenvalue weighted by atomic mass is 10.0. The lowest BCUT2D eigenvalue weighted by Gasteiger charge is -2.05. The van der Waals surface area contributed by atoms with Gasteiger partial charge in [0.15, 0.2) is 17.4 Å². The van der Waals surface area contributed by atoms with E-state index < -0.39 is 17.4 Å². The Morgan fingerprint density at radius 2 is 1.67 bits per heavy atom. The van der Waals surface area contributed by atoms with Gasteiger partial charge in [0.1, 0.15) is 0 Å². The highest BCUT2D eigenvalue weighted by Crippen LogP contribution is 2.25. The fraction of sp³-hybridized carbons (Fsp3) is 0. The number of carbonyl (C=O) groups is 1. The molecule has 0 unspecified atom stereocenters. The van der Waals surface area contributed by atoms with Gasteiger partial charge >= 0.3 is 0 Å². The number of benzene rings is 2. The van der Waals surface area contributed by atoms with E-state index in [1.54, 1.807) is 12.1 Å². The highest BCUT2D eigenvalue weighted by Gasteiger charge is 2.17. The Labute approximate surface area is 116 Å². The Morgan fingerprint density at radius 3 is 2.28 bits per heavy atom. The Balaban J connectivity index is 2.46. The predicted octanol–water partition coefficient (Wildman–Crippen LogP) is 4.61. The minimum Gasteiger partial charge on any atom is -0.289 e. The molecule has 5 heteroatoms. The van der Waals surface area contributed by atoms with Gasteiger partial charge in [-0.15, -0.1) is 0 Å². The minimum absolute atomic E-state index is 0.0659. The molecule has 0 aliphatic heterocycles. The minimum atomic E-state index is -1.07. The van der Waals surface area contributed by atoms with E-state index in [0.29, 0.717) is 10.6 Å².